The second kappa shape index (κ2) is 5.24. The van der Waals surface area contributed by atoms with Crippen LogP contribution in [0.2, 0.25) is 0 Å². The summed E-state index contributed by atoms with van der Waals surface area (Å²) in [6.45, 7) is 0. The highest BCUT2D eigenvalue weighted by atomic mass is 19.4. The van der Waals surface area contributed by atoms with E-state index in [1.54, 1.807) is 6.07 Å². The Bertz CT molecular complexity index is 657. The van der Waals surface area contributed by atoms with E-state index < -0.39 is 12.2 Å². The molecule has 0 amide bonds. The van der Waals surface area contributed by atoms with Gasteiger partial charge in [-0.3, -0.25) is 0 Å². The first-order chi connectivity index (χ1) is 9.99. The van der Waals surface area contributed by atoms with Crippen LogP contribution in [-0.4, -0.2) is 11.3 Å². The molecule has 0 N–H and O–H groups in total. The zero-order valence-electron chi connectivity index (χ0n) is 11.0. The van der Waals surface area contributed by atoms with Gasteiger partial charge in [-0.1, -0.05) is 35.9 Å². The average Bonchev–Trinajstić information content (AvgIpc) is 3.23. The molecule has 0 saturated carbocycles. The molecule has 0 saturated heterocycles. The quantitative estimate of drug-likeness (QED) is 0.773. The van der Waals surface area contributed by atoms with Crippen LogP contribution in [0, 0.1) is 0 Å². The lowest BCUT2D eigenvalue weighted by atomic mass is 10.0. The molecule has 1 aromatic carbocycles. The van der Waals surface area contributed by atoms with Crippen molar-refractivity contribution in [1.29, 1.82) is 0 Å². The summed E-state index contributed by atoms with van der Waals surface area (Å²) in [7, 11) is 0. The lowest BCUT2D eigenvalue weighted by Gasteiger charge is -2.08. The van der Waals surface area contributed by atoms with E-state index in [9.17, 15) is 13.2 Å². The first-order valence-electron chi connectivity index (χ1n) is 6.49. The van der Waals surface area contributed by atoms with Gasteiger partial charge < -0.3 is 4.74 Å². The molecule has 108 valence electrons. The third-order valence-electron chi connectivity index (χ3n) is 3.17. The van der Waals surface area contributed by atoms with E-state index in [0.29, 0.717) is 0 Å². The number of hydrogen-bond acceptors (Lipinski definition) is 2. The molecule has 1 aromatic heterocycles. The molecule has 0 spiro atoms. The Morgan fingerprint density at radius 3 is 2.19 bits per heavy atom. The van der Waals surface area contributed by atoms with Gasteiger partial charge in [0.1, 0.15) is 0 Å². The lowest BCUT2D eigenvalue weighted by Crippen LogP contribution is -2.17. The highest BCUT2D eigenvalue weighted by Gasteiger charge is 2.31. The molecule has 1 aliphatic carbocycles. The molecule has 5 heteroatoms. The Kier molecular flexibility index (Phi) is 3.41. The Labute approximate surface area is 119 Å². The van der Waals surface area contributed by atoms with Crippen molar-refractivity contribution in [2.75, 3.05) is 0 Å². The highest BCUT2D eigenvalue weighted by Crippen LogP contribution is 2.26. The molecule has 1 aliphatic rings. The minimum atomic E-state index is -4.71. The second-order valence-corrected chi connectivity index (χ2v) is 4.87. The summed E-state index contributed by atoms with van der Waals surface area (Å²) in [6, 6.07) is 10.7. The van der Waals surface area contributed by atoms with Crippen molar-refractivity contribution in [3.63, 3.8) is 0 Å². The van der Waals surface area contributed by atoms with Crippen LogP contribution in [0.1, 0.15) is 12.0 Å². The maximum atomic E-state index is 12.1. The summed E-state index contributed by atoms with van der Waals surface area (Å²) in [5.41, 5.74) is 4.34. The van der Waals surface area contributed by atoms with Gasteiger partial charge in [0.15, 0.2) is 0 Å². The number of aromatic nitrogens is 1. The van der Waals surface area contributed by atoms with E-state index in [4.69, 9.17) is 0 Å². The zero-order chi connectivity index (χ0) is 14.9. The smallest absolute Gasteiger partial charge is 0.388 e. The SMILES string of the molecule is FC(F)(F)Oc1ccc(-c2ccc(CC3=CC3)cc2)cn1. The maximum Gasteiger partial charge on any atom is 0.574 e. The first kappa shape index (κ1) is 13.7. The van der Waals surface area contributed by atoms with Crippen LogP contribution in [0.3, 0.4) is 0 Å². The van der Waals surface area contributed by atoms with Gasteiger partial charge >= 0.3 is 6.36 Å². The summed E-state index contributed by atoms with van der Waals surface area (Å²) >= 11 is 0. The molecule has 0 radical (unpaired) electrons. The van der Waals surface area contributed by atoms with Crippen LogP contribution >= 0.6 is 0 Å². The van der Waals surface area contributed by atoms with Gasteiger partial charge in [-0.05, 0) is 30.0 Å². The van der Waals surface area contributed by atoms with E-state index in [1.165, 1.54) is 23.4 Å². The van der Waals surface area contributed by atoms with Crippen molar-refractivity contribution in [1.82, 2.24) is 4.98 Å². The topological polar surface area (TPSA) is 22.1 Å². The summed E-state index contributed by atoms with van der Waals surface area (Å²) in [4.78, 5) is 3.67. The largest absolute Gasteiger partial charge is 0.574 e. The number of halogens is 3. The van der Waals surface area contributed by atoms with Gasteiger partial charge in [0, 0.05) is 17.8 Å². The number of nitrogens with zero attached hydrogens (tertiary/aromatic N) is 1. The monoisotopic (exact) mass is 291 g/mol. The normalized spacial score (nSPS) is 13.8. The van der Waals surface area contributed by atoms with Crippen LogP contribution in [0.4, 0.5) is 13.2 Å². The molecule has 21 heavy (non-hydrogen) atoms. The van der Waals surface area contributed by atoms with Crippen LogP contribution in [0.15, 0.2) is 54.2 Å². The first-order valence-corrected chi connectivity index (χ1v) is 6.49. The fourth-order valence-electron chi connectivity index (χ4n) is 2.02. The number of alkyl halides is 3. The molecular weight excluding hydrogens is 279 g/mol. The zero-order valence-corrected chi connectivity index (χ0v) is 11.0. The van der Waals surface area contributed by atoms with E-state index in [0.717, 1.165) is 24.0 Å². The standard InChI is InChI=1S/C16H12F3NO/c17-16(18,19)21-15-8-7-14(10-20-15)13-5-3-12(4-6-13)9-11-1-2-11/h1,3-8,10H,2,9H2. The number of pyridine rings is 1. The molecule has 1 heterocycles. The van der Waals surface area contributed by atoms with Crippen LogP contribution in [-0.2, 0) is 6.42 Å². The number of allylic oxidation sites excluding steroid dienone is 2. The van der Waals surface area contributed by atoms with Gasteiger partial charge in [0.25, 0.3) is 0 Å². The Balaban J connectivity index is 1.72. The number of hydrogen-bond donors (Lipinski definition) is 0. The van der Waals surface area contributed by atoms with E-state index in [2.05, 4.69) is 15.8 Å². The summed E-state index contributed by atoms with van der Waals surface area (Å²) in [6.07, 6.45) is 0.924. The predicted molar refractivity (Wildman–Crippen MR) is 72.8 cm³/mol. The minimum absolute atomic E-state index is 0.455. The highest BCUT2D eigenvalue weighted by molar-refractivity contribution is 5.63. The van der Waals surface area contributed by atoms with Gasteiger partial charge in [-0.15, -0.1) is 13.2 Å². The fourth-order valence-corrected chi connectivity index (χ4v) is 2.02. The van der Waals surface area contributed by atoms with Crippen molar-refractivity contribution >= 4 is 0 Å². The average molecular weight is 291 g/mol. The van der Waals surface area contributed by atoms with Crippen molar-refractivity contribution in [2.24, 2.45) is 0 Å². The molecular formula is C16H12F3NO. The molecule has 0 aliphatic heterocycles. The Morgan fingerprint density at radius 2 is 1.67 bits per heavy atom. The second-order valence-electron chi connectivity index (χ2n) is 4.87. The van der Waals surface area contributed by atoms with Gasteiger partial charge in [0.2, 0.25) is 5.88 Å². The predicted octanol–water partition coefficient (Wildman–Crippen LogP) is 4.52. The molecule has 2 nitrogen and oxygen atoms in total. The number of benzene rings is 1. The fraction of sp³-hybridized carbons (Fsp3) is 0.188. The summed E-state index contributed by atoms with van der Waals surface area (Å²) in [5, 5.41) is 0. The summed E-state index contributed by atoms with van der Waals surface area (Å²) in [5.74, 6) is -0.455. The third kappa shape index (κ3) is 3.84. The third-order valence-corrected chi connectivity index (χ3v) is 3.17. The molecule has 3 rings (SSSR count). The van der Waals surface area contributed by atoms with Gasteiger partial charge in [-0.25, -0.2) is 4.98 Å². The van der Waals surface area contributed by atoms with Crippen LogP contribution < -0.4 is 4.74 Å². The molecule has 0 bridgehead atoms. The molecule has 0 fully saturated rings. The van der Waals surface area contributed by atoms with Crippen molar-refractivity contribution < 1.29 is 17.9 Å². The Morgan fingerprint density at radius 1 is 1.00 bits per heavy atom. The minimum Gasteiger partial charge on any atom is -0.388 e. The lowest BCUT2D eigenvalue weighted by molar-refractivity contribution is -0.276. The van der Waals surface area contributed by atoms with Gasteiger partial charge in [-0.2, -0.15) is 0 Å². The van der Waals surface area contributed by atoms with Crippen molar-refractivity contribution in [2.45, 2.75) is 19.2 Å². The van der Waals surface area contributed by atoms with Crippen LogP contribution in [0.25, 0.3) is 11.1 Å². The van der Waals surface area contributed by atoms with Crippen molar-refractivity contribution in [3.05, 3.63) is 59.8 Å². The van der Waals surface area contributed by atoms with E-state index >= 15 is 0 Å². The number of rotatable bonds is 4. The molecule has 2 aromatic rings. The van der Waals surface area contributed by atoms with Crippen LogP contribution in [0.5, 0.6) is 5.88 Å². The van der Waals surface area contributed by atoms with Crippen molar-refractivity contribution in [3.8, 4) is 17.0 Å². The van der Waals surface area contributed by atoms with E-state index in [1.807, 2.05) is 24.3 Å². The Hall–Kier alpha value is -2.30. The maximum absolute atomic E-state index is 12.1. The van der Waals surface area contributed by atoms with Gasteiger partial charge in [0.05, 0.1) is 0 Å². The summed E-state index contributed by atoms with van der Waals surface area (Å²) < 4.78 is 39.9. The van der Waals surface area contributed by atoms with E-state index in [-0.39, 0.29) is 0 Å². The number of ether oxygens (including phenoxy) is 1. The molecule has 0 atom stereocenters. The molecule has 0 unspecified atom stereocenters.